The average Bonchev–Trinajstić information content (AvgIpc) is 2.88. The smallest absolute Gasteiger partial charge is 0.324 e. The molecule has 0 aliphatic carbocycles. The standard InChI is InChI=1S/C15H17N5OS/c1-3-9-20(10-4-2)15(21)19-13(16)18-14-17-11-7-5-6-8-12(11)22-14/h3-8H,1-2,9-10H2,(H3,16,17,18,19,21). The second-order valence-electron chi connectivity index (χ2n) is 4.37. The van der Waals surface area contributed by atoms with Gasteiger partial charge < -0.3 is 10.6 Å². The summed E-state index contributed by atoms with van der Waals surface area (Å²) >= 11 is 1.41. The molecule has 0 atom stereocenters. The highest BCUT2D eigenvalue weighted by Gasteiger charge is 2.11. The van der Waals surface area contributed by atoms with E-state index in [2.05, 4.69) is 28.5 Å². The van der Waals surface area contributed by atoms with Crippen LogP contribution in [0.5, 0.6) is 0 Å². The number of amides is 2. The van der Waals surface area contributed by atoms with Crippen molar-refractivity contribution in [2.45, 2.75) is 0 Å². The number of hydrogen-bond donors (Lipinski definition) is 2. The molecule has 114 valence electrons. The molecule has 3 N–H and O–H groups in total. The number of nitrogens with two attached hydrogens (primary N) is 1. The number of benzene rings is 1. The predicted molar refractivity (Wildman–Crippen MR) is 91.4 cm³/mol. The van der Waals surface area contributed by atoms with Gasteiger partial charge in [0.1, 0.15) is 0 Å². The highest BCUT2D eigenvalue weighted by atomic mass is 32.1. The van der Waals surface area contributed by atoms with Crippen LogP contribution in [0.2, 0.25) is 0 Å². The maximum Gasteiger partial charge on any atom is 0.324 e. The van der Waals surface area contributed by atoms with Crippen molar-refractivity contribution < 1.29 is 4.79 Å². The Morgan fingerprint density at radius 3 is 2.68 bits per heavy atom. The largest absolute Gasteiger partial charge is 0.369 e. The van der Waals surface area contributed by atoms with E-state index < -0.39 is 0 Å². The van der Waals surface area contributed by atoms with E-state index in [0.717, 1.165) is 10.2 Å². The third-order valence-corrected chi connectivity index (χ3v) is 3.65. The SMILES string of the molecule is C=CCN(CC=C)C(=O)N/C(N)=N/c1nc2ccccc2s1. The van der Waals surface area contributed by atoms with Gasteiger partial charge in [-0.25, -0.2) is 9.78 Å². The minimum atomic E-state index is -0.359. The molecule has 2 aromatic rings. The lowest BCUT2D eigenvalue weighted by atomic mass is 10.3. The molecule has 2 amide bonds. The number of urea groups is 1. The number of guanidine groups is 1. The lowest BCUT2D eigenvalue weighted by molar-refractivity contribution is 0.213. The van der Waals surface area contributed by atoms with E-state index >= 15 is 0 Å². The number of aromatic nitrogens is 1. The Bertz CT molecular complexity index is 679. The van der Waals surface area contributed by atoms with E-state index in [9.17, 15) is 4.79 Å². The Labute approximate surface area is 132 Å². The van der Waals surface area contributed by atoms with Crippen LogP contribution >= 0.6 is 11.3 Å². The predicted octanol–water partition coefficient (Wildman–Crippen LogP) is 2.63. The van der Waals surface area contributed by atoms with Crippen molar-refractivity contribution in [3.63, 3.8) is 0 Å². The van der Waals surface area contributed by atoms with Gasteiger partial charge in [0, 0.05) is 13.1 Å². The van der Waals surface area contributed by atoms with Crippen molar-refractivity contribution in [3.05, 3.63) is 49.6 Å². The number of carbonyl (C=O) groups is 1. The fourth-order valence-electron chi connectivity index (χ4n) is 1.78. The number of carbonyl (C=O) groups excluding carboxylic acids is 1. The molecular weight excluding hydrogens is 298 g/mol. The van der Waals surface area contributed by atoms with E-state index in [1.165, 1.54) is 16.2 Å². The summed E-state index contributed by atoms with van der Waals surface area (Å²) in [5.74, 6) is 0.00202. The Balaban J connectivity index is 2.09. The van der Waals surface area contributed by atoms with Crippen LogP contribution in [-0.2, 0) is 0 Å². The molecule has 6 nitrogen and oxygen atoms in total. The molecule has 0 saturated heterocycles. The lowest BCUT2D eigenvalue weighted by Gasteiger charge is -2.19. The number of rotatable bonds is 5. The van der Waals surface area contributed by atoms with Crippen LogP contribution in [0.1, 0.15) is 0 Å². The average molecular weight is 315 g/mol. The first-order chi connectivity index (χ1) is 10.6. The van der Waals surface area contributed by atoms with Gasteiger partial charge in [0.2, 0.25) is 11.1 Å². The highest BCUT2D eigenvalue weighted by Crippen LogP contribution is 2.27. The third-order valence-electron chi connectivity index (χ3n) is 2.72. The van der Waals surface area contributed by atoms with Gasteiger partial charge in [0.25, 0.3) is 0 Å². The van der Waals surface area contributed by atoms with Gasteiger partial charge in [0.15, 0.2) is 0 Å². The fourth-order valence-corrected chi connectivity index (χ4v) is 2.63. The Kier molecular flexibility index (Phi) is 5.26. The molecule has 0 bridgehead atoms. The maximum atomic E-state index is 12.0. The van der Waals surface area contributed by atoms with E-state index in [1.54, 1.807) is 12.2 Å². The number of nitrogens with one attached hydrogen (secondary N) is 1. The Morgan fingerprint density at radius 1 is 1.36 bits per heavy atom. The quantitative estimate of drug-likeness (QED) is 0.505. The summed E-state index contributed by atoms with van der Waals surface area (Å²) < 4.78 is 1.01. The van der Waals surface area contributed by atoms with Crippen molar-refractivity contribution in [1.29, 1.82) is 0 Å². The fraction of sp³-hybridized carbons (Fsp3) is 0.133. The molecule has 2 rings (SSSR count). The highest BCUT2D eigenvalue weighted by molar-refractivity contribution is 7.22. The minimum Gasteiger partial charge on any atom is -0.369 e. The number of para-hydroxylation sites is 1. The summed E-state index contributed by atoms with van der Waals surface area (Å²) in [5, 5.41) is 3.03. The van der Waals surface area contributed by atoms with Crippen LogP contribution in [0.25, 0.3) is 10.2 Å². The van der Waals surface area contributed by atoms with Crippen molar-refractivity contribution in [2.24, 2.45) is 10.7 Å². The van der Waals surface area contributed by atoms with E-state index in [4.69, 9.17) is 5.73 Å². The normalized spacial score (nSPS) is 11.2. The van der Waals surface area contributed by atoms with Gasteiger partial charge in [-0.15, -0.1) is 13.2 Å². The van der Waals surface area contributed by atoms with E-state index in [0.29, 0.717) is 18.2 Å². The van der Waals surface area contributed by atoms with Gasteiger partial charge >= 0.3 is 6.03 Å². The summed E-state index contributed by atoms with van der Waals surface area (Å²) in [5.41, 5.74) is 6.62. The summed E-state index contributed by atoms with van der Waals surface area (Å²) in [4.78, 5) is 22.0. The molecule has 0 radical (unpaired) electrons. The summed E-state index contributed by atoms with van der Waals surface area (Å²) in [7, 11) is 0. The van der Waals surface area contributed by atoms with Crippen LogP contribution in [0.15, 0.2) is 54.6 Å². The molecule has 1 aromatic heterocycles. The third kappa shape index (κ3) is 3.92. The number of fused-ring (bicyclic) bond motifs is 1. The van der Waals surface area contributed by atoms with Crippen LogP contribution in [0.3, 0.4) is 0 Å². The molecule has 0 unspecified atom stereocenters. The molecular formula is C15H17N5OS. The van der Waals surface area contributed by atoms with Crippen LogP contribution in [0, 0.1) is 0 Å². The van der Waals surface area contributed by atoms with Gasteiger partial charge in [-0.05, 0) is 12.1 Å². The second-order valence-corrected chi connectivity index (χ2v) is 5.38. The van der Waals surface area contributed by atoms with Crippen molar-refractivity contribution in [2.75, 3.05) is 13.1 Å². The summed E-state index contributed by atoms with van der Waals surface area (Å²) in [6.45, 7) is 8.01. The van der Waals surface area contributed by atoms with E-state index in [-0.39, 0.29) is 12.0 Å². The number of thiazole rings is 1. The monoisotopic (exact) mass is 315 g/mol. The summed E-state index contributed by atoms with van der Waals surface area (Å²) in [6.07, 6.45) is 3.26. The number of hydrogen-bond acceptors (Lipinski definition) is 4. The molecule has 0 fully saturated rings. The first kappa shape index (κ1) is 15.7. The zero-order valence-corrected chi connectivity index (χ0v) is 12.8. The van der Waals surface area contributed by atoms with Crippen molar-refractivity contribution >= 4 is 38.7 Å². The number of nitrogens with zero attached hydrogens (tertiary/aromatic N) is 3. The Hall–Kier alpha value is -2.67. The zero-order chi connectivity index (χ0) is 15.9. The van der Waals surface area contributed by atoms with Crippen molar-refractivity contribution in [3.8, 4) is 0 Å². The summed E-state index contributed by atoms with van der Waals surface area (Å²) in [6, 6.07) is 7.33. The van der Waals surface area contributed by atoms with Crippen LogP contribution < -0.4 is 11.1 Å². The zero-order valence-electron chi connectivity index (χ0n) is 12.0. The van der Waals surface area contributed by atoms with Crippen LogP contribution in [0.4, 0.5) is 9.93 Å². The number of aliphatic imine (C=N–C) groups is 1. The second kappa shape index (κ2) is 7.37. The molecule has 1 heterocycles. The maximum absolute atomic E-state index is 12.0. The van der Waals surface area contributed by atoms with Gasteiger partial charge in [-0.1, -0.05) is 35.6 Å². The molecule has 7 heteroatoms. The van der Waals surface area contributed by atoms with E-state index in [1.807, 2.05) is 24.3 Å². The van der Waals surface area contributed by atoms with Gasteiger partial charge in [-0.3, -0.25) is 5.32 Å². The molecule has 0 aliphatic rings. The minimum absolute atomic E-state index is 0.00202. The topological polar surface area (TPSA) is 83.6 Å². The first-order valence-electron chi connectivity index (χ1n) is 6.61. The molecule has 0 aliphatic heterocycles. The lowest BCUT2D eigenvalue weighted by Crippen LogP contribution is -2.45. The van der Waals surface area contributed by atoms with Gasteiger partial charge in [-0.2, -0.15) is 4.99 Å². The Morgan fingerprint density at radius 2 is 2.05 bits per heavy atom. The van der Waals surface area contributed by atoms with Crippen LogP contribution in [-0.4, -0.2) is 35.0 Å². The van der Waals surface area contributed by atoms with Gasteiger partial charge in [0.05, 0.1) is 10.2 Å². The molecule has 0 spiro atoms. The molecule has 22 heavy (non-hydrogen) atoms. The first-order valence-corrected chi connectivity index (χ1v) is 7.43. The molecule has 0 saturated carbocycles. The molecule has 1 aromatic carbocycles. The van der Waals surface area contributed by atoms with Crippen molar-refractivity contribution in [1.82, 2.24) is 15.2 Å².